The number of methoxy groups -OCH3 is 1. The number of carboxylic acid groups (broad SMARTS) is 1. The van der Waals surface area contributed by atoms with Crippen molar-refractivity contribution in [1.29, 1.82) is 0 Å². The van der Waals surface area contributed by atoms with Gasteiger partial charge in [0.2, 0.25) is 5.91 Å². The molecule has 1 spiro atoms. The Morgan fingerprint density at radius 1 is 1.19 bits per heavy atom. The first-order chi connectivity index (χ1) is 16.9. The molecule has 3 aliphatic heterocycles. The number of aliphatic carboxylic acids is 1. The average Bonchev–Trinajstić information content (AvgIpc) is 3.37. The van der Waals surface area contributed by atoms with Gasteiger partial charge in [-0.05, 0) is 36.4 Å². The van der Waals surface area contributed by atoms with Gasteiger partial charge in [0.15, 0.2) is 0 Å². The molecular formula is C24H21Cl2F2N3O5. The molecule has 1 unspecified atom stereocenters. The van der Waals surface area contributed by atoms with Crippen LogP contribution in [-0.2, 0) is 19.9 Å². The summed E-state index contributed by atoms with van der Waals surface area (Å²) in [5.74, 6) is -9.01. The molecule has 0 saturated carbocycles. The van der Waals surface area contributed by atoms with Gasteiger partial charge in [-0.3, -0.25) is 19.3 Å². The Morgan fingerprint density at radius 3 is 2.47 bits per heavy atom. The van der Waals surface area contributed by atoms with Gasteiger partial charge in [-0.15, -0.1) is 0 Å². The summed E-state index contributed by atoms with van der Waals surface area (Å²) >= 11 is 12.2. The second-order valence-corrected chi connectivity index (χ2v) is 10.1. The van der Waals surface area contributed by atoms with Crippen molar-refractivity contribution in [3.63, 3.8) is 0 Å². The van der Waals surface area contributed by atoms with Crippen LogP contribution in [0.25, 0.3) is 0 Å². The molecule has 3 heterocycles. The highest BCUT2D eigenvalue weighted by molar-refractivity contribution is 6.35. The smallest absolute Gasteiger partial charge is 0.310 e. The third kappa shape index (κ3) is 3.46. The molecule has 3 aliphatic rings. The van der Waals surface area contributed by atoms with Crippen LogP contribution in [0.15, 0.2) is 36.4 Å². The summed E-state index contributed by atoms with van der Waals surface area (Å²) in [5, 5.41) is 13.5. The quantitative estimate of drug-likeness (QED) is 0.612. The van der Waals surface area contributed by atoms with Gasteiger partial charge in [-0.2, -0.15) is 0 Å². The number of amides is 2. The number of hydrogen-bond acceptors (Lipinski definition) is 5. The number of hydrogen-bond donors (Lipinski definition) is 2. The molecule has 190 valence electrons. The highest BCUT2D eigenvalue weighted by Gasteiger charge is 2.74. The molecule has 2 saturated heterocycles. The number of nitrogens with zero attached hydrogens (tertiary/aromatic N) is 2. The molecule has 5 rings (SSSR count). The van der Waals surface area contributed by atoms with Crippen LogP contribution >= 0.6 is 23.2 Å². The Hall–Kier alpha value is -2.95. The van der Waals surface area contributed by atoms with Gasteiger partial charge in [0.25, 0.3) is 11.8 Å². The van der Waals surface area contributed by atoms with Gasteiger partial charge in [0.1, 0.15) is 17.2 Å². The number of nitrogens with one attached hydrogen (secondary N) is 1. The SMILES string of the molecule is COc1ccc2c(c1)C1(C(=O)N2)[C@@H](C(=O)O)[C@@H](C(=O)N(C)c2cc(Cl)cc(Cl)c2)[C@H]2CC(F)(F)CN21. The third-order valence-electron chi connectivity index (χ3n) is 7.33. The maximum Gasteiger partial charge on any atom is 0.310 e. The second kappa shape index (κ2) is 8.29. The number of halogens is 4. The monoisotopic (exact) mass is 539 g/mol. The highest BCUT2D eigenvalue weighted by Crippen LogP contribution is 2.60. The van der Waals surface area contributed by atoms with E-state index in [2.05, 4.69) is 5.32 Å². The van der Waals surface area contributed by atoms with Gasteiger partial charge in [0, 0.05) is 46.5 Å². The van der Waals surface area contributed by atoms with Crippen molar-refractivity contribution >= 4 is 52.4 Å². The van der Waals surface area contributed by atoms with Crippen molar-refractivity contribution in [3.05, 3.63) is 52.0 Å². The van der Waals surface area contributed by atoms with Crippen molar-refractivity contribution in [2.24, 2.45) is 11.8 Å². The molecule has 2 N–H and O–H groups in total. The molecule has 2 amide bonds. The lowest BCUT2D eigenvalue weighted by molar-refractivity contribution is -0.153. The van der Waals surface area contributed by atoms with E-state index in [1.54, 1.807) is 6.07 Å². The number of rotatable bonds is 4. The zero-order valence-electron chi connectivity index (χ0n) is 19.1. The van der Waals surface area contributed by atoms with Crippen molar-refractivity contribution in [2.45, 2.75) is 23.9 Å². The summed E-state index contributed by atoms with van der Waals surface area (Å²) in [6, 6.07) is 7.71. The van der Waals surface area contributed by atoms with E-state index in [-0.39, 0.29) is 27.0 Å². The maximum atomic E-state index is 14.8. The fraction of sp³-hybridized carbons (Fsp3) is 0.375. The summed E-state index contributed by atoms with van der Waals surface area (Å²) in [5.41, 5.74) is -1.31. The van der Waals surface area contributed by atoms with Crippen LogP contribution in [0.5, 0.6) is 5.75 Å². The zero-order valence-corrected chi connectivity index (χ0v) is 20.6. The summed E-state index contributed by atoms with van der Waals surface area (Å²) in [6.07, 6.45) is -0.772. The van der Waals surface area contributed by atoms with Crippen LogP contribution in [0.4, 0.5) is 20.2 Å². The molecule has 0 aromatic heterocycles. The van der Waals surface area contributed by atoms with Crippen LogP contribution in [0.2, 0.25) is 10.0 Å². The van der Waals surface area contributed by atoms with Gasteiger partial charge < -0.3 is 20.1 Å². The number of ether oxygens (including phenoxy) is 1. The molecule has 2 aromatic carbocycles. The third-order valence-corrected chi connectivity index (χ3v) is 7.77. The van der Waals surface area contributed by atoms with E-state index in [4.69, 9.17) is 27.9 Å². The van der Waals surface area contributed by atoms with Crippen molar-refractivity contribution < 1.29 is 33.0 Å². The number of carbonyl (C=O) groups is 3. The molecule has 0 aliphatic carbocycles. The van der Waals surface area contributed by atoms with Gasteiger partial charge in [-0.25, -0.2) is 8.78 Å². The summed E-state index contributed by atoms with van der Waals surface area (Å²) in [4.78, 5) is 42.6. The molecule has 2 aromatic rings. The fourth-order valence-electron chi connectivity index (χ4n) is 5.95. The number of alkyl halides is 2. The maximum absolute atomic E-state index is 14.8. The Kier molecular flexibility index (Phi) is 5.70. The molecule has 12 heteroatoms. The summed E-state index contributed by atoms with van der Waals surface area (Å²) in [6.45, 7) is -0.873. The minimum absolute atomic E-state index is 0.186. The van der Waals surface area contributed by atoms with Crippen molar-refractivity contribution in [3.8, 4) is 5.75 Å². The molecule has 36 heavy (non-hydrogen) atoms. The first-order valence-corrected chi connectivity index (χ1v) is 11.8. The van der Waals surface area contributed by atoms with Gasteiger partial charge in [-0.1, -0.05) is 23.2 Å². The number of fused-ring (bicyclic) bond motifs is 4. The van der Waals surface area contributed by atoms with Crippen molar-refractivity contribution in [1.82, 2.24) is 4.90 Å². The predicted octanol–water partition coefficient (Wildman–Crippen LogP) is 3.85. The van der Waals surface area contributed by atoms with Crippen LogP contribution < -0.4 is 15.0 Å². The lowest BCUT2D eigenvalue weighted by Gasteiger charge is -2.36. The van der Waals surface area contributed by atoms with Crippen molar-refractivity contribution in [2.75, 3.05) is 30.9 Å². The number of carboxylic acids is 1. The van der Waals surface area contributed by atoms with Crippen LogP contribution in [0.1, 0.15) is 12.0 Å². The lowest BCUT2D eigenvalue weighted by Crippen LogP contribution is -2.54. The highest BCUT2D eigenvalue weighted by atomic mass is 35.5. The zero-order chi connectivity index (χ0) is 26.2. The Labute approximate surface area is 214 Å². The van der Waals surface area contributed by atoms with Crippen LogP contribution in [0.3, 0.4) is 0 Å². The van der Waals surface area contributed by atoms with E-state index in [0.29, 0.717) is 5.75 Å². The molecule has 4 atom stereocenters. The summed E-state index contributed by atoms with van der Waals surface area (Å²) < 4.78 is 34.9. The Morgan fingerprint density at radius 2 is 1.86 bits per heavy atom. The molecule has 0 radical (unpaired) electrons. The molecule has 8 nitrogen and oxygen atoms in total. The lowest BCUT2D eigenvalue weighted by atomic mass is 9.73. The van der Waals surface area contributed by atoms with Gasteiger partial charge in [0.05, 0.1) is 19.6 Å². The first kappa shape index (κ1) is 24.7. The Balaban J connectivity index is 1.69. The van der Waals surface area contributed by atoms with E-state index in [1.807, 2.05) is 0 Å². The second-order valence-electron chi connectivity index (χ2n) is 9.25. The van der Waals surface area contributed by atoms with E-state index in [0.717, 1.165) is 4.90 Å². The number of carbonyl (C=O) groups excluding carboxylic acids is 2. The molecular weight excluding hydrogens is 519 g/mol. The van der Waals surface area contributed by atoms with Gasteiger partial charge >= 0.3 is 5.97 Å². The van der Waals surface area contributed by atoms with E-state index >= 15 is 0 Å². The Bertz CT molecular complexity index is 1290. The largest absolute Gasteiger partial charge is 0.497 e. The van der Waals surface area contributed by atoms with E-state index < -0.39 is 60.1 Å². The standard InChI is InChI=1S/C24H21Cl2F2N3O5/c1-30(13-6-11(25)5-12(26)7-13)20(32)18-17-9-23(27,28)10-31(17)24(19(18)21(33)34)15-8-14(36-2)3-4-16(15)29-22(24)35/h3-8,17-19H,9-10H2,1-2H3,(H,29,35)(H,33,34)/t17-,18+,19-,24?/m1/s1. The fourth-order valence-corrected chi connectivity index (χ4v) is 6.46. The predicted molar refractivity (Wildman–Crippen MR) is 128 cm³/mol. The minimum atomic E-state index is -3.24. The molecule has 0 bridgehead atoms. The topological polar surface area (TPSA) is 99.2 Å². The van der Waals surface area contributed by atoms with Crippen LogP contribution in [-0.4, -0.2) is 60.5 Å². The average molecular weight is 540 g/mol. The van der Waals surface area contributed by atoms with E-state index in [9.17, 15) is 28.3 Å². The number of benzene rings is 2. The molecule has 2 fully saturated rings. The summed E-state index contributed by atoms with van der Waals surface area (Å²) in [7, 11) is 2.78. The normalized spacial score (nSPS) is 28.1. The first-order valence-electron chi connectivity index (χ1n) is 11.0. The van der Waals surface area contributed by atoms with E-state index in [1.165, 1.54) is 49.4 Å². The minimum Gasteiger partial charge on any atom is -0.497 e. The number of anilines is 2. The van der Waals surface area contributed by atoms with Crippen LogP contribution in [0, 0.1) is 11.8 Å².